The second kappa shape index (κ2) is 4.53. The van der Waals surface area contributed by atoms with Gasteiger partial charge in [0.05, 0.1) is 12.8 Å². The zero-order valence-corrected chi connectivity index (χ0v) is 10.2. The van der Waals surface area contributed by atoms with Crippen LogP contribution >= 0.6 is 0 Å². The molecule has 3 rings (SSSR count). The molecule has 1 saturated heterocycles. The zero-order valence-electron chi connectivity index (χ0n) is 10.2. The molecule has 1 aliphatic carbocycles. The molecule has 2 fully saturated rings. The van der Waals surface area contributed by atoms with E-state index < -0.39 is 0 Å². The largest absolute Gasteiger partial charge is 0.480 e. The summed E-state index contributed by atoms with van der Waals surface area (Å²) in [7, 11) is 1.67. The highest BCUT2D eigenvalue weighted by Gasteiger charge is 2.34. The summed E-state index contributed by atoms with van der Waals surface area (Å²) in [5.41, 5.74) is 1.01. The topological polar surface area (TPSA) is 37.4 Å². The highest BCUT2D eigenvalue weighted by molar-refractivity contribution is 5.52. The number of nitrogens with zero attached hydrogens (tertiary/aromatic N) is 2. The van der Waals surface area contributed by atoms with Crippen molar-refractivity contribution < 1.29 is 4.74 Å². The van der Waals surface area contributed by atoms with Crippen molar-refractivity contribution in [2.45, 2.75) is 31.3 Å². The monoisotopic (exact) mass is 233 g/mol. The van der Waals surface area contributed by atoms with Gasteiger partial charge in [0.15, 0.2) is 0 Å². The van der Waals surface area contributed by atoms with E-state index in [9.17, 15) is 0 Å². The van der Waals surface area contributed by atoms with E-state index in [-0.39, 0.29) is 0 Å². The van der Waals surface area contributed by atoms with Gasteiger partial charge >= 0.3 is 0 Å². The van der Waals surface area contributed by atoms with Gasteiger partial charge in [-0.2, -0.15) is 0 Å². The van der Waals surface area contributed by atoms with Gasteiger partial charge in [0.2, 0.25) is 5.88 Å². The Morgan fingerprint density at radius 3 is 3.06 bits per heavy atom. The summed E-state index contributed by atoms with van der Waals surface area (Å²) in [6.45, 7) is 2.38. The lowest BCUT2D eigenvalue weighted by Gasteiger charge is -2.17. The minimum Gasteiger partial charge on any atom is -0.480 e. The van der Waals surface area contributed by atoms with Crippen molar-refractivity contribution in [1.29, 1.82) is 0 Å². The maximum atomic E-state index is 5.26. The molecule has 1 unspecified atom stereocenters. The van der Waals surface area contributed by atoms with E-state index >= 15 is 0 Å². The van der Waals surface area contributed by atoms with Crippen LogP contribution in [0.2, 0.25) is 0 Å². The summed E-state index contributed by atoms with van der Waals surface area (Å²) in [6, 6.07) is 5.38. The van der Waals surface area contributed by atoms with Crippen LogP contribution < -0.4 is 10.1 Å². The lowest BCUT2D eigenvalue weighted by molar-refractivity contribution is 0.326. The number of aromatic nitrogens is 1. The summed E-state index contributed by atoms with van der Waals surface area (Å²) in [5, 5.41) is 3.54. The molecular formula is C13H19N3O. The standard InChI is InChI=1S/C13H19N3O/c1-17-13-12(3-2-7-14-13)15-10-6-8-16(9-10)11-4-5-11/h2-3,7,10-11,15H,4-6,8-9H2,1H3. The number of nitrogens with one attached hydrogen (secondary N) is 1. The van der Waals surface area contributed by atoms with Gasteiger partial charge in [-0.05, 0) is 31.4 Å². The average molecular weight is 233 g/mol. The normalized spacial score (nSPS) is 24.9. The number of rotatable bonds is 4. The van der Waals surface area contributed by atoms with Gasteiger partial charge in [-0.15, -0.1) is 0 Å². The Kier molecular flexibility index (Phi) is 2.89. The summed E-state index contributed by atoms with van der Waals surface area (Å²) < 4.78 is 5.26. The molecule has 1 atom stereocenters. The van der Waals surface area contributed by atoms with Crippen LogP contribution in [0.15, 0.2) is 18.3 Å². The lowest BCUT2D eigenvalue weighted by Crippen LogP contribution is -2.27. The first-order valence-electron chi connectivity index (χ1n) is 6.36. The molecule has 2 aliphatic rings. The first kappa shape index (κ1) is 10.8. The highest BCUT2D eigenvalue weighted by Crippen LogP contribution is 2.31. The Labute approximate surface area is 102 Å². The van der Waals surface area contributed by atoms with Crippen LogP contribution in [0.5, 0.6) is 5.88 Å². The molecule has 4 nitrogen and oxygen atoms in total. The van der Waals surface area contributed by atoms with Crippen LogP contribution in [-0.2, 0) is 0 Å². The molecule has 4 heteroatoms. The van der Waals surface area contributed by atoms with Crippen molar-refractivity contribution in [2.24, 2.45) is 0 Å². The van der Waals surface area contributed by atoms with Crippen LogP contribution in [0.25, 0.3) is 0 Å². The van der Waals surface area contributed by atoms with Gasteiger partial charge in [-0.3, -0.25) is 4.90 Å². The second-order valence-corrected chi connectivity index (χ2v) is 4.92. The fourth-order valence-corrected chi connectivity index (χ4v) is 2.56. The van der Waals surface area contributed by atoms with Gasteiger partial charge in [0.1, 0.15) is 0 Å². The Morgan fingerprint density at radius 2 is 2.29 bits per heavy atom. The van der Waals surface area contributed by atoms with Crippen LogP contribution in [0.4, 0.5) is 5.69 Å². The number of hydrogen-bond acceptors (Lipinski definition) is 4. The molecule has 0 bridgehead atoms. The number of methoxy groups -OCH3 is 1. The number of likely N-dealkylation sites (tertiary alicyclic amines) is 1. The minimum absolute atomic E-state index is 0.536. The molecule has 0 radical (unpaired) electrons. The molecule has 92 valence electrons. The van der Waals surface area contributed by atoms with E-state index in [0.717, 1.165) is 18.3 Å². The van der Waals surface area contributed by atoms with Crippen LogP contribution in [0, 0.1) is 0 Å². The fraction of sp³-hybridized carbons (Fsp3) is 0.615. The molecule has 0 spiro atoms. The molecule has 1 aromatic rings. The molecule has 1 aromatic heterocycles. The molecule has 0 amide bonds. The predicted octanol–water partition coefficient (Wildman–Crippen LogP) is 1.74. The van der Waals surface area contributed by atoms with Crippen molar-refractivity contribution >= 4 is 5.69 Å². The van der Waals surface area contributed by atoms with E-state index in [4.69, 9.17) is 4.74 Å². The molecule has 0 aromatic carbocycles. The summed E-state index contributed by atoms with van der Waals surface area (Å²) in [6.07, 6.45) is 5.76. The quantitative estimate of drug-likeness (QED) is 0.859. The van der Waals surface area contributed by atoms with Crippen molar-refractivity contribution in [3.8, 4) is 5.88 Å². The number of ether oxygens (including phenoxy) is 1. The minimum atomic E-state index is 0.536. The van der Waals surface area contributed by atoms with Gasteiger partial charge in [-0.1, -0.05) is 0 Å². The smallest absolute Gasteiger partial charge is 0.237 e. The number of anilines is 1. The van der Waals surface area contributed by atoms with E-state index in [1.807, 2.05) is 12.1 Å². The van der Waals surface area contributed by atoms with E-state index in [0.29, 0.717) is 11.9 Å². The third-order valence-corrected chi connectivity index (χ3v) is 3.61. The first-order chi connectivity index (χ1) is 8.36. The number of hydrogen-bond donors (Lipinski definition) is 1. The average Bonchev–Trinajstić information content (AvgIpc) is 3.11. The highest BCUT2D eigenvalue weighted by atomic mass is 16.5. The number of pyridine rings is 1. The van der Waals surface area contributed by atoms with Crippen LogP contribution in [-0.4, -0.2) is 42.2 Å². The predicted molar refractivity (Wildman–Crippen MR) is 67.4 cm³/mol. The first-order valence-corrected chi connectivity index (χ1v) is 6.36. The maximum Gasteiger partial charge on any atom is 0.237 e. The van der Waals surface area contributed by atoms with Gasteiger partial charge in [0, 0.05) is 31.4 Å². The second-order valence-electron chi connectivity index (χ2n) is 4.92. The van der Waals surface area contributed by atoms with Crippen molar-refractivity contribution in [3.63, 3.8) is 0 Å². The molecule has 1 N–H and O–H groups in total. The van der Waals surface area contributed by atoms with Crippen molar-refractivity contribution in [1.82, 2.24) is 9.88 Å². The molecule has 2 heterocycles. The van der Waals surface area contributed by atoms with Crippen LogP contribution in [0.1, 0.15) is 19.3 Å². The van der Waals surface area contributed by atoms with E-state index in [2.05, 4.69) is 15.2 Å². The Bertz CT molecular complexity index is 392. The SMILES string of the molecule is COc1ncccc1NC1CCN(C2CC2)C1. The Balaban J connectivity index is 1.62. The maximum absolute atomic E-state index is 5.26. The van der Waals surface area contributed by atoms with Gasteiger partial charge in [0.25, 0.3) is 0 Å². The van der Waals surface area contributed by atoms with Crippen molar-refractivity contribution in [2.75, 3.05) is 25.5 Å². The molecular weight excluding hydrogens is 214 g/mol. The Hall–Kier alpha value is -1.29. The van der Waals surface area contributed by atoms with E-state index in [1.54, 1.807) is 13.3 Å². The van der Waals surface area contributed by atoms with Gasteiger partial charge in [-0.25, -0.2) is 4.98 Å². The van der Waals surface area contributed by atoms with E-state index in [1.165, 1.54) is 25.8 Å². The molecule has 1 saturated carbocycles. The zero-order chi connectivity index (χ0) is 11.7. The molecule has 1 aliphatic heterocycles. The Morgan fingerprint density at radius 1 is 1.41 bits per heavy atom. The third-order valence-electron chi connectivity index (χ3n) is 3.61. The molecule has 17 heavy (non-hydrogen) atoms. The third kappa shape index (κ3) is 2.36. The summed E-state index contributed by atoms with van der Waals surface area (Å²) >= 11 is 0. The van der Waals surface area contributed by atoms with Crippen molar-refractivity contribution in [3.05, 3.63) is 18.3 Å². The van der Waals surface area contributed by atoms with Gasteiger partial charge < -0.3 is 10.1 Å². The summed E-state index contributed by atoms with van der Waals surface area (Å²) in [5.74, 6) is 0.692. The van der Waals surface area contributed by atoms with Crippen LogP contribution in [0.3, 0.4) is 0 Å². The summed E-state index contributed by atoms with van der Waals surface area (Å²) in [4.78, 5) is 6.81. The lowest BCUT2D eigenvalue weighted by atomic mass is 10.2. The fourth-order valence-electron chi connectivity index (χ4n) is 2.56.